The summed E-state index contributed by atoms with van der Waals surface area (Å²) in [5.41, 5.74) is 0.789. The fourth-order valence-electron chi connectivity index (χ4n) is 3.15. The van der Waals surface area contributed by atoms with Crippen LogP contribution in [0, 0.1) is 0 Å². The normalized spacial score (nSPS) is 11.3. The minimum Gasteiger partial charge on any atom is -0.310 e. The van der Waals surface area contributed by atoms with Crippen molar-refractivity contribution in [1.29, 1.82) is 0 Å². The number of carbonyl (C=O) groups excluding carboxylic acids is 1. The third kappa shape index (κ3) is 4.36. The SMILES string of the molecule is C=CCn1c(SCC(=O)Nc2ccnn2C(C)C)nc2scc(-c3cccs3)c2c1=O. The molecule has 0 radical (unpaired) electrons. The summed E-state index contributed by atoms with van der Waals surface area (Å²) >= 11 is 4.27. The first kappa shape index (κ1) is 21.5. The highest BCUT2D eigenvalue weighted by Crippen LogP contribution is 2.34. The lowest BCUT2D eigenvalue weighted by Gasteiger charge is -2.13. The Balaban J connectivity index is 1.60. The fraction of sp³-hybridized carbons (Fsp3) is 0.238. The van der Waals surface area contributed by atoms with Crippen LogP contribution in [-0.4, -0.2) is 31.0 Å². The summed E-state index contributed by atoms with van der Waals surface area (Å²) in [6, 6.07) is 5.86. The predicted molar refractivity (Wildman–Crippen MR) is 129 cm³/mol. The van der Waals surface area contributed by atoms with Crippen LogP contribution in [0.1, 0.15) is 19.9 Å². The summed E-state index contributed by atoms with van der Waals surface area (Å²) in [6.45, 7) is 8.09. The number of thioether (sulfide) groups is 1. The maximum Gasteiger partial charge on any atom is 0.263 e. The van der Waals surface area contributed by atoms with E-state index in [-0.39, 0.29) is 23.3 Å². The van der Waals surface area contributed by atoms with Crippen LogP contribution in [0.5, 0.6) is 0 Å². The average molecular weight is 472 g/mol. The molecule has 4 heterocycles. The maximum absolute atomic E-state index is 13.3. The van der Waals surface area contributed by atoms with Gasteiger partial charge in [-0.15, -0.1) is 29.3 Å². The van der Waals surface area contributed by atoms with E-state index in [4.69, 9.17) is 4.98 Å². The highest BCUT2D eigenvalue weighted by Gasteiger charge is 2.18. The lowest BCUT2D eigenvalue weighted by molar-refractivity contribution is -0.113. The monoisotopic (exact) mass is 471 g/mol. The van der Waals surface area contributed by atoms with Gasteiger partial charge in [0.25, 0.3) is 5.56 Å². The first-order valence-electron chi connectivity index (χ1n) is 9.62. The topological polar surface area (TPSA) is 81.8 Å². The van der Waals surface area contributed by atoms with Gasteiger partial charge in [0.1, 0.15) is 10.6 Å². The van der Waals surface area contributed by atoms with Gasteiger partial charge in [-0.05, 0) is 25.3 Å². The van der Waals surface area contributed by atoms with Crippen molar-refractivity contribution in [3.05, 3.63) is 58.2 Å². The van der Waals surface area contributed by atoms with Crippen LogP contribution >= 0.6 is 34.4 Å². The van der Waals surface area contributed by atoms with Gasteiger partial charge >= 0.3 is 0 Å². The molecule has 4 aromatic heterocycles. The molecule has 0 fully saturated rings. The Morgan fingerprint density at radius 2 is 2.19 bits per heavy atom. The standard InChI is InChI=1S/C21H21N5O2S3/c1-4-9-25-20(28)18-14(15-6-5-10-29-15)11-30-19(18)24-21(25)31-12-17(27)23-16-7-8-22-26(16)13(2)3/h4-8,10-11,13H,1,9,12H2,2-3H3,(H,23,27). The van der Waals surface area contributed by atoms with Crippen LogP contribution < -0.4 is 10.9 Å². The Hall–Kier alpha value is -2.69. The highest BCUT2D eigenvalue weighted by atomic mass is 32.2. The number of thiophene rings is 2. The van der Waals surface area contributed by atoms with Gasteiger partial charge in [-0.1, -0.05) is 23.9 Å². The molecule has 10 heteroatoms. The minimum atomic E-state index is -0.183. The zero-order chi connectivity index (χ0) is 22.0. The number of hydrogen-bond donors (Lipinski definition) is 1. The van der Waals surface area contributed by atoms with Gasteiger partial charge in [0.2, 0.25) is 5.91 Å². The summed E-state index contributed by atoms with van der Waals surface area (Å²) in [7, 11) is 0. The van der Waals surface area contributed by atoms with Gasteiger partial charge < -0.3 is 5.32 Å². The number of aromatic nitrogens is 4. The number of hydrogen-bond acceptors (Lipinski definition) is 7. The van der Waals surface area contributed by atoms with E-state index in [1.54, 1.807) is 38.9 Å². The summed E-state index contributed by atoms with van der Waals surface area (Å²) in [5, 5.41) is 12.2. The predicted octanol–water partition coefficient (Wildman–Crippen LogP) is 4.88. The first-order valence-corrected chi connectivity index (χ1v) is 12.4. The van der Waals surface area contributed by atoms with Crippen LogP contribution in [-0.2, 0) is 11.3 Å². The van der Waals surface area contributed by atoms with Crippen LogP contribution in [0.2, 0.25) is 0 Å². The van der Waals surface area contributed by atoms with Gasteiger partial charge in [0, 0.05) is 34.5 Å². The van der Waals surface area contributed by atoms with Crippen molar-refractivity contribution < 1.29 is 4.79 Å². The number of anilines is 1. The number of fused-ring (bicyclic) bond motifs is 1. The number of nitrogens with zero attached hydrogens (tertiary/aromatic N) is 4. The minimum absolute atomic E-state index is 0.115. The Morgan fingerprint density at radius 3 is 2.90 bits per heavy atom. The van der Waals surface area contributed by atoms with Crippen molar-refractivity contribution in [3.8, 4) is 10.4 Å². The third-order valence-electron chi connectivity index (χ3n) is 4.52. The molecule has 4 aromatic rings. The second-order valence-corrected chi connectivity index (χ2v) is 9.75. The summed E-state index contributed by atoms with van der Waals surface area (Å²) in [6.07, 6.45) is 3.32. The van der Waals surface area contributed by atoms with Gasteiger partial charge in [-0.25, -0.2) is 9.67 Å². The zero-order valence-electron chi connectivity index (χ0n) is 17.1. The Labute approximate surface area is 191 Å². The summed E-state index contributed by atoms with van der Waals surface area (Å²) in [4.78, 5) is 32.2. The van der Waals surface area contributed by atoms with E-state index < -0.39 is 0 Å². The van der Waals surface area contributed by atoms with Crippen LogP contribution in [0.3, 0.4) is 0 Å². The number of rotatable bonds is 8. The van der Waals surface area contributed by atoms with Crippen molar-refractivity contribution in [2.45, 2.75) is 31.6 Å². The van der Waals surface area contributed by atoms with Crippen LogP contribution in [0.25, 0.3) is 20.7 Å². The zero-order valence-corrected chi connectivity index (χ0v) is 19.5. The Morgan fingerprint density at radius 1 is 1.35 bits per heavy atom. The van der Waals surface area contributed by atoms with Gasteiger partial charge in [-0.3, -0.25) is 14.2 Å². The van der Waals surface area contributed by atoms with E-state index in [0.717, 1.165) is 10.4 Å². The quantitative estimate of drug-likeness (QED) is 0.225. The van der Waals surface area contributed by atoms with Crippen LogP contribution in [0.4, 0.5) is 5.82 Å². The van der Waals surface area contributed by atoms with Crippen LogP contribution in [0.15, 0.2) is 57.8 Å². The molecule has 0 aliphatic rings. The molecule has 0 aliphatic heterocycles. The van der Waals surface area contributed by atoms with Gasteiger partial charge in [0.15, 0.2) is 5.16 Å². The van der Waals surface area contributed by atoms with E-state index >= 15 is 0 Å². The van der Waals surface area contributed by atoms with Crippen molar-refractivity contribution >= 4 is 56.4 Å². The second-order valence-electron chi connectivity index (χ2n) is 7.00. The van der Waals surface area contributed by atoms with E-state index in [9.17, 15) is 9.59 Å². The molecule has 7 nitrogen and oxygen atoms in total. The average Bonchev–Trinajstić information content (AvgIpc) is 3.48. The van der Waals surface area contributed by atoms with E-state index in [1.807, 2.05) is 36.7 Å². The molecule has 0 saturated heterocycles. The highest BCUT2D eigenvalue weighted by molar-refractivity contribution is 7.99. The van der Waals surface area contributed by atoms with Gasteiger partial charge in [0.05, 0.1) is 17.3 Å². The number of carbonyl (C=O) groups is 1. The van der Waals surface area contributed by atoms with Gasteiger partial charge in [-0.2, -0.15) is 5.10 Å². The lowest BCUT2D eigenvalue weighted by atomic mass is 10.2. The van der Waals surface area contributed by atoms with Crippen molar-refractivity contribution in [3.63, 3.8) is 0 Å². The number of nitrogens with one attached hydrogen (secondary N) is 1. The molecule has 0 aliphatic carbocycles. The fourth-order valence-corrected chi connectivity index (χ4v) is 5.76. The number of allylic oxidation sites excluding steroid dienone is 1. The van der Waals surface area contributed by atoms with E-state index in [1.165, 1.54) is 23.1 Å². The largest absolute Gasteiger partial charge is 0.310 e. The summed E-state index contributed by atoms with van der Waals surface area (Å²) in [5.74, 6) is 0.588. The number of amides is 1. The van der Waals surface area contributed by atoms with Crippen molar-refractivity contribution in [2.24, 2.45) is 0 Å². The van der Waals surface area contributed by atoms with E-state index in [0.29, 0.717) is 27.7 Å². The molecule has 0 aromatic carbocycles. The van der Waals surface area contributed by atoms with E-state index in [2.05, 4.69) is 17.0 Å². The lowest BCUT2D eigenvalue weighted by Crippen LogP contribution is -2.24. The Kier molecular flexibility index (Phi) is 6.40. The molecule has 31 heavy (non-hydrogen) atoms. The molecule has 4 rings (SSSR count). The molecule has 0 saturated carbocycles. The Bertz CT molecular complexity index is 1280. The molecule has 160 valence electrons. The third-order valence-corrected chi connectivity index (χ3v) is 7.27. The summed E-state index contributed by atoms with van der Waals surface area (Å²) < 4.78 is 3.33. The van der Waals surface area contributed by atoms with Crippen molar-refractivity contribution in [2.75, 3.05) is 11.1 Å². The molecule has 0 bridgehead atoms. The molecular formula is C21H21N5O2S3. The molecule has 0 atom stereocenters. The molecule has 1 amide bonds. The first-order chi connectivity index (χ1) is 15.0. The molecular weight excluding hydrogens is 450 g/mol. The maximum atomic E-state index is 13.3. The molecule has 0 unspecified atom stereocenters. The molecule has 0 spiro atoms. The molecule has 1 N–H and O–H groups in total. The second kappa shape index (κ2) is 9.21. The van der Waals surface area contributed by atoms with Crippen molar-refractivity contribution in [1.82, 2.24) is 19.3 Å². The smallest absolute Gasteiger partial charge is 0.263 e.